The van der Waals surface area contributed by atoms with Gasteiger partial charge in [-0.05, 0) is 5.56 Å². The molecule has 3 atom stereocenters. The highest BCUT2D eigenvalue weighted by atomic mass is 16.5. The van der Waals surface area contributed by atoms with Crippen molar-refractivity contribution in [3.05, 3.63) is 35.9 Å². The number of hydrogen-bond donors (Lipinski definition) is 0. The van der Waals surface area contributed by atoms with E-state index in [1.54, 1.807) is 14.2 Å². The predicted molar refractivity (Wildman–Crippen MR) is 72.8 cm³/mol. The first kappa shape index (κ1) is 14.0. The fraction of sp³-hybridized carbons (Fsp3) is 0.533. The zero-order valence-corrected chi connectivity index (χ0v) is 11.5. The van der Waals surface area contributed by atoms with Gasteiger partial charge in [0.25, 0.3) is 0 Å². The van der Waals surface area contributed by atoms with Crippen LogP contribution in [0.5, 0.6) is 0 Å². The number of likely N-dealkylation sites (tertiary alicyclic amines) is 1. The molecule has 0 spiro atoms. The maximum absolute atomic E-state index is 9.35. The van der Waals surface area contributed by atoms with Crippen molar-refractivity contribution in [2.75, 3.05) is 33.9 Å². The Balaban J connectivity index is 1.99. The minimum Gasteiger partial charge on any atom is -0.377 e. The summed E-state index contributed by atoms with van der Waals surface area (Å²) >= 11 is 0. The van der Waals surface area contributed by atoms with Gasteiger partial charge in [-0.15, -0.1) is 0 Å². The van der Waals surface area contributed by atoms with Crippen molar-refractivity contribution in [2.24, 2.45) is 0 Å². The quantitative estimate of drug-likeness (QED) is 0.807. The van der Waals surface area contributed by atoms with Crippen LogP contribution in [0.1, 0.15) is 11.5 Å². The van der Waals surface area contributed by atoms with Gasteiger partial charge in [0.2, 0.25) is 0 Å². The normalized spacial score (nSPS) is 25.1. The molecule has 2 rings (SSSR count). The molecular formula is C15H20N2O2. The fourth-order valence-corrected chi connectivity index (χ4v) is 2.58. The topological polar surface area (TPSA) is 45.5 Å². The van der Waals surface area contributed by atoms with Crippen LogP contribution in [0.25, 0.3) is 0 Å². The van der Waals surface area contributed by atoms with Crippen LogP contribution in [-0.2, 0) is 9.47 Å². The second kappa shape index (κ2) is 6.67. The molecule has 0 amide bonds. The van der Waals surface area contributed by atoms with Crippen LogP contribution in [0.15, 0.2) is 30.3 Å². The van der Waals surface area contributed by atoms with Gasteiger partial charge in [0.15, 0.2) is 0 Å². The molecule has 1 aliphatic heterocycles. The van der Waals surface area contributed by atoms with E-state index in [4.69, 9.17) is 9.47 Å². The van der Waals surface area contributed by atoms with E-state index in [1.807, 2.05) is 30.3 Å². The Morgan fingerprint density at radius 2 is 1.79 bits per heavy atom. The predicted octanol–water partition coefficient (Wildman–Crippen LogP) is 1.64. The van der Waals surface area contributed by atoms with Crippen molar-refractivity contribution in [3.63, 3.8) is 0 Å². The molecule has 0 aromatic heterocycles. The SMILES string of the molecule is COC1CN(CC(C#N)c2ccccc2)CC1OC. The summed E-state index contributed by atoms with van der Waals surface area (Å²) in [5.41, 5.74) is 1.07. The van der Waals surface area contributed by atoms with Crippen LogP contribution in [-0.4, -0.2) is 51.0 Å². The summed E-state index contributed by atoms with van der Waals surface area (Å²) in [6.07, 6.45) is 0.195. The molecule has 1 aromatic carbocycles. The average molecular weight is 260 g/mol. The molecule has 0 N–H and O–H groups in total. The van der Waals surface area contributed by atoms with Crippen LogP contribution < -0.4 is 0 Å². The lowest BCUT2D eigenvalue weighted by Gasteiger charge is -2.19. The van der Waals surface area contributed by atoms with E-state index < -0.39 is 0 Å². The van der Waals surface area contributed by atoms with Gasteiger partial charge in [-0.1, -0.05) is 30.3 Å². The van der Waals surface area contributed by atoms with Crippen molar-refractivity contribution in [1.82, 2.24) is 4.90 Å². The smallest absolute Gasteiger partial charge is 0.0971 e. The molecule has 0 saturated carbocycles. The fourth-order valence-electron chi connectivity index (χ4n) is 2.58. The minimum atomic E-state index is -0.102. The highest BCUT2D eigenvalue weighted by Crippen LogP contribution is 2.21. The standard InChI is InChI=1S/C15H20N2O2/c1-18-14-10-17(11-15(14)19-2)9-13(8-16)12-6-4-3-5-7-12/h3-7,13-15H,9-11H2,1-2H3. The molecule has 102 valence electrons. The molecule has 4 heteroatoms. The average Bonchev–Trinajstić information content (AvgIpc) is 2.87. The Hall–Kier alpha value is -1.41. The van der Waals surface area contributed by atoms with Crippen molar-refractivity contribution in [2.45, 2.75) is 18.1 Å². The van der Waals surface area contributed by atoms with Gasteiger partial charge in [0.1, 0.15) is 0 Å². The van der Waals surface area contributed by atoms with Gasteiger partial charge < -0.3 is 9.47 Å². The molecule has 19 heavy (non-hydrogen) atoms. The third-order valence-corrected chi connectivity index (χ3v) is 3.70. The van der Waals surface area contributed by atoms with Gasteiger partial charge >= 0.3 is 0 Å². The van der Waals surface area contributed by atoms with Crippen LogP contribution in [0, 0.1) is 11.3 Å². The Bertz CT molecular complexity index is 418. The zero-order chi connectivity index (χ0) is 13.7. The minimum absolute atomic E-state index is 0.0973. The molecular weight excluding hydrogens is 240 g/mol. The Morgan fingerprint density at radius 1 is 1.21 bits per heavy atom. The second-order valence-electron chi connectivity index (χ2n) is 4.86. The van der Waals surface area contributed by atoms with Gasteiger partial charge in [0, 0.05) is 33.9 Å². The van der Waals surface area contributed by atoms with Crippen LogP contribution >= 0.6 is 0 Å². The summed E-state index contributed by atoms with van der Waals surface area (Å²) in [5, 5.41) is 9.35. The maximum atomic E-state index is 9.35. The molecule has 4 nitrogen and oxygen atoms in total. The van der Waals surface area contributed by atoms with Gasteiger partial charge in [0.05, 0.1) is 24.2 Å². The first-order valence-electron chi connectivity index (χ1n) is 6.51. The summed E-state index contributed by atoms with van der Waals surface area (Å²) in [4.78, 5) is 2.24. The number of methoxy groups -OCH3 is 2. The van der Waals surface area contributed by atoms with E-state index in [2.05, 4.69) is 11.0 Å². The molecule has 1 aliphatic rings. The van der Waals surface area contributed by atoms with E-state index in [9.17, 15) is 5.26 Å². The van der Waals surface area contributed by atoms with E-state index in [1.165, 1.54) is 0 Å². The van der Waals surface area contributed by atoms with Gasteiger partial charge in [-0.25, -0.2) is 0 Å². The van der Waals surface area contributed by atoms with Crippen LogP contribution in [0.3, 0.4) is 0 Å². The molecule has 0 radical (unpaired) electrons. The maximum Gasteiger partial charge on any atom is 0.0971 e. The Morgan fingerprint density at radius 3 is 2.26 bits per heavy atom. The number of hydrogen-bond acceptors (Lipinski definition) is 4. The van der Waals surface area contributed by atoms with Gasteiger partial charge in [-0.2, -0.15) is 5.26 Å². The number of nitrogens with zero attached hydrogens (tertiary/aromatic N) is 2. The summed E-state index contributed by atoms with van der Waals surface area (Å²) in [6.45, 7) is 2.36. The summed E-state index contributed by atoms with van der Waals surface area (Å²) in [7, 11) is 3.41. The number of rotatable bonds is 5. The van der Waals surface area contributed by atoms with Crippen molar-refractivity contribution in [1.29, 1.82) is 5.26 Å². The third kappa shape index (κ3) is 3.32. The number of ether oxygens (including phenoxy) is 2. The first-order chi connectivity index (χ1) is 9.28. The lowest BCUT2D eigenvalue weighted by atomic mass is 10.0. The highest BCUT2D eigenvalue weighted by molar-refractivity contribution is 5.25. The largest absolute Gasteiger partial charge is 0.377 e. The molecule has 1 aromatic rings. The zero-order valence-electron chi connectivity index (χ0n) is 11.5. The molecule has 1 fully saturated rings. The highest BCUT2D eigenvalue weighted by Gasteiger charge is 2.33. The second-order valence-corrected chi connectivity index (χ2v) is 4.86. The number of benzene rings is 1. The number of nitriles is 1. The third-order valence-electron chi connectivity index (χ3n) is 3.70. The van der Waals surface area contributed by atoms with Crippen molar-refractivity contribution < 1.29 is 9.47 Å². The lowest BCUT2D eigenvalue weighted by Crippen LogP contribution is -2.27. The van der Waals surface area contributed by atoms with Crippen molar-refractivity contribution in [3.8, 4) is 6.07 Å². The molecule has 1 heterocycles. The Kier molecular flexibility index (Phi) is 4.92. The Labute approximate surface area is 114 Å². The van der Waals surface area contributed by atoms with Crippen molar-refractivity contribution >= 4 is 0 Å². The molecule has 0 aliphatic carbocycles. The van der Waals surface area contributed by atoms with Gasteiger partial charge in [-0.3, -0.25) is 4.90 Å². The van der Waals surface area contributed by atoms with E-state index in [0.717, 1.165) is 25.2 Å². The molecule has 3 unspecified atom stereocenters. The lowest BCUT2D eigenvalue weighted by molar-refractivity contribution is -0.00461. The summed E-state index contributed by atoms with van der Waals surface area (Å²) in [5.74, 6) is -0.102. The summed E-state index contributed by atoms with van der Waals surface area (Å²) in [6, 6.07) is 12.3. The van der Waals surface area contributed by atoms with E-state index in [-0.39, 0.29) is 18.1 Å². The monoisotopic (exact) mass is 260 g/mol. The van der Waals surface area contributed by atoms with E-state index >= 15 is 0 Å². The van der Waals surface area contributed by atoms with E-state index in [0.29, 0.717) is 0 Å². The van der Waals surface area contributed by atoms with Crippen LogP contribution in [0.4, 0.5) is 0 Å². The first-order valence-corrected chi connectivity index (χ1v) is 6.51. The summed E-state index contributed by atoms with van der Waals surface area (Å²) < 4.78 is 10.8. The van der Waals surface area contributed by atoms with Crippen LogP contribution in [0.2, 0.25) is 0 Å². The molecule has 0 bridgehead atoms. The molecule has 1 saturated heterocycles.